The number of nitrogens with zero attached hydrogens (tertiary/aromatic N) is 2. The number of anilines is 1. The summed E-state index contributed by atoms with van der Waals surface area (Å²) in [5.74, 6) is 0.178. The molecule has 106 valence electrons. The Morgan fingerprint density at radius 2 is 1.95 bits per heavy atom. The Balaban J connectivity index is 2.43. The highest BCUT2D eigenvalue weighted by atomic mass is 35.5. The molecule has 0 fully saturated rings. The van der Waals surface area contributed by atoms with Crippen LogP contribution in [-0.2, 0) is 0 Å². The summed E-state index contributed by atoms with van der Waals surface area (Å²) in [6.07, 6.45) is 3.09. The summed E-state index contributed by atoms with van der Waals surface area (Å²) in [5.41, 5.74) is 5.72. The van der Waals surface area contributed by atoms with E-state index >= 15 is 0 Å². The Labute approximate surface area is 125 Å². The minimum absolute atomic E-state index is 0.000923. The van der Waals surface area contributed by atoms with Crippen molar-refractivity contribution in [1.82, 2.24) is 9.55 Å². The Bertz CT molecular complexity index is 699. The van der Waals surface area contributed by atoms with Crippen molar-refractivity contribution < 1.29 is 4.74 Å². The van der Waals surface area contributed by atoms with Gasteiger partial charge in [-0.2, -0.15) is 0 Å². The third-order valence-electron chi connectivity index (χ3n) is 2.65. The molecule has 20 heavy (non-hydrogen) atoms. The van der Waals surface area contributed by atoms with Crippen LogP contribution in [0, 0.1) is 0 Å². The lowest BCUT2D eigenvalue weighted by atomic mass is 10.3. The van der Waals surface area contributed by atoms with Crippen LogP contribution in [-0.4, -0.2) is 9.55 Å². The molecular weight excluding hydrogens is 301 g/mol. The number of ether oxygens (including phenoxy) is 1. The van der Waals surface area contributed by atoms with Crippen molar-refractivity contribution >= 4 is 28.9 Å². The van der Waals surface area contributed by atoms with Gasteiger partial charge in [0.15, 0.2) is 5.75 Å². The summed E-state index contributed by atoms with van der Waals surface area (Å²) >= 11 is 11.7. The van der Waals surface area contributed by atoms with Gasteiger partial charge in [-0.25, -0.2) is 4.98 Å². The van der Waals surface area contributed by atoms with E-state index < -0.39 is 0 Å². The number of hydrogen-bond donors (Lipinski definition) is 1. The molecule has 0 aliphatic rings. The van der Waals surface area contributed by atoms with E-state index in [1.54, 1.807) is 6.20 Å². The number of aromatic nitrogens is 2. The van der Waals surface area contributed by atoms with Gasteiger partial charge < -0.3 is 15.0 Å². The average molecular weight is 314 g/mol. The monoisotopic (exact) mass is 313 g/mol. The number of nitrogens with two attached hydrogens (primary N) is 1. The molecule has 1 aromatic carbocycles. The molecule has 7 heteroatoms. The van der Waals surface area contributed by atoms with Crippen LogP contribution >= 0.6 is 23.2 Å². The molecule has 2 rings (SSSR count). The lowest BCUT2D eigenvalue weighted by Crippen LogP contribution is -2.23. The Morgan fingerprint density at radius 3 is 2.60 bits per heavy atom. The van der Waals surface area contributed by atoms with Gasteiger partial charge in [0.1, 0.15) is 0 Å². The summed E-state index contributed by atoms with van der Waals surface area (Å²) in [7, 11) is 0. The number of rotatable bonds is 3. The molecular formula is C13H13Cl2N3O2. The lowest BCUT2D eigenvalue weighted by Gasteiger charge is -2.12. The van der Waals surface area contributed by atoms with Crippen molar-refractivity contribution in [3.63, 3.8) is 0 Å². The fraction of sp³-hybridized carbons (Fsp3) is 0.231. The first-order chi connectivity index (χ1) is 9.40. The van der Waals surface area contributed by atoms with E-state index in [2.05, 4.69) is 4.98 Å². The second kappa shape index (κ2) is 5.73. The van der Waals surface area contributed by atoms with Crippen LogP contribution in [0.5, 0.6) is 11.6 Å². The van der Waals surface area contributed by atoms with Crippen LogP contribution in [0.15, 0.2) is 29.3 Å². The molecule has 2 aromatic rings. The second-order valence-corrected chi connectivity index (χ2v) is 5.26. The maximum absolute atomic E-state index is 12.2. The molecule has 0 atom stereocenters. The normalized spacial score (nSPS) is 10.8. The summed E-state index contributed by atoms with van der Waals surface area (Å²) in [6.45, 7) is 3.78. The first kappa shape index (κ1) is 14.7. The minimum atomic E-state index is -0.340. The predicted octanol–water partition coefficient (Wildman–Crippen LogP) is 3.51. The quantitative estimate of drug-likeness (QED) is 0.880. The largest absolute Gasteiger partial charge is 0.432 e. The van der Waals surface area contributed by atoms with E-state index in [1.165, 1.54) is 22.9 Å². The number of nitrogen functional groups attached to an aromatic ring is 1. The zero-order chi connectivity index (χ0) is 14.9. The lowest BCUT2D eigenvalue weighted by molar-refractivity contribution is 0.439. The maximum Gasteiger partial charge on any atom is 0.313 e. The van der Waals surface area contributed by atoms with Crippen molar-refractivity contribution in [3.05, 3.63) is 44.9 Å². The molecule has 0 saturated carbocycles. The van der Waals surface area contributed by atoms with E-state index in [9.17, 15) is 4.79 Å². The average Bonchev–Trinajstić information content (AvgIpc) is 2.37. The first-order valence-corrected chi connectivity index (χ1v) is 6.65. The molecule has 0 amide bonds. The molecule has 0 bridgehead atoms. The first-order valence-electron chi connectivity index (χ1n) is 5.89. The van der Waals surface area contributed by atoms with Crippen molar-refractivity contribution in [2.24, 2.45) is 0 Å². The SMILES string of the molecule is CC(C)n1ccnc(Oc2cc(Cl)c(Cl)cc2N)c1=O. The number of benzene rings is 1. The fourth-order valence-corrected chi connectivity index (χ4v) is 1.95. The van der Waals surface area contributed by atoms with Crippen LogP contribution < -0.4 is 16.0 Å². The van der Waals surface area contributed by atoms with Gasteiger partial charge in [-0.3, -0.25) is 4.79 Å². The number of halogens is 2. The van der Waals surface area contributed by atoms with E-state index in [0.29, 0.717) is 5.02 Å². The van der Waals surface area contributed by atoms with Crippen LogP contribution in [0.1, 0.15) is 19.9 Å². The molecule has 0 unspecified atom stereocenters. The predicted molar refractivity (Wildman–Crippen MR) is 79.8 cm³/mol. The second-order valence-electron chi connectivity index (χ2n) is 4.44. The third kappa shape index (κ3) is 2.89. The van der Waals surface area contributed by atoms with Crippen LogP contribution in [0.2, 0.25) is 10.0 Å². The topological polar surface area (TPSA) is 70.1 Å². The van der Waals surface area contributed by atoms with Gasteiger partial charge >= 0.3 is 5.56 Å². The summed E-state index contributed by atoms with van der Waals surface area (Å²) < 4.78 is 6.96. The van der Waals surface area contributed by atoms with Crippen molar-refractivity contribution in [3.8, 4) is 11.6 Å². The third-order valence-corrected chi connectivity index (χ3v) is 3.37. The highest BCUT2D eigenvalue weighted by molar-refractivity contribution is 6.42. The summed E-state index contributed by atoms with van der Waals surface area (Å²) in [6, 6.07) is 2.91. The number of hydrogen-bond acceptors (Lipinski definition) is 4. The van der Waals surface area contributed by atoms with Crippen molar-refractivity contribution in [2.75, 3.05) is 5.73 Å². The maximum atomic E-state index is 12.2. The molecule has 0 saturated heterocycles. The van der Waals surface area contributed by atoms with E-state index in [4.69, 9.17) is 33.7 Å². The summed E-state index contributed by atoms with van der Waals surface area (Å²) in [5, 5.41) is 0.605. The molecule has 0 spiro atoms. The standard InChI is InChI=1S/C13H13Cl2N3O2/c1-7(2)18-4-3-17-12(13(18)19)20-11-6-9(15)8(14)5-10(11)16/h3-7H,16H2,1-2H3. The van der Waals surface area contributed by atoms with Gasteiger partial charge in [0.05, 0.1) is 15.7 Å². The smallest absolute Gasteiger partial charge is 0.313 e. The van der Waals surface area contributed by atoms with Gasteiger partial charge in [0, 0.05) is 24.5 Å². The van der Waals surface area contributed by atoms with Gasteiger partial charge in [-0.15, -0.1) is 0 Å². The highest BCUT2D eigenvalue weighted by Crippen LogP contribution is 2.33. The van der Waals surface area contributed by atoms with Crippen LogP contribution in [0.3, 0.4) is 0 Å². The Morgan fingerprint density at radius 1 is 1.30 bits per heavy atom. The zero-order valence-electron chi connectivity index (χ0n) is 10.9. The van der Waals surface area contributed by atoms with Crippen LogP contribution in [0.25, 0.3) is 0 Å². The van der Waals surface area contributed by atoms with Gasteiger partial charge in [-0.05, 0) is 19.9 Å². The minimum Gasteiger partial charge on any atom is -0.432 e. The molecule has 2 N–H and O–H groups in total. The van der Waals surface area contributed by atoms with Gasteiger partial charge in [0.2, 0.25) is 0 Å². The van der Waals surface area contributed by atoms with E-state index in [-0.39, 0.29) is 33.9 Å². The molecule has 0 aliphatic heterocycles. The molecule has 5 nitrogen and oxygen atoms in total. The molecule has 1 aromatic heterocycles. The fourth-order valence-electron chi connectivity index (χ4n) is 1.62. The van der Waals surface area contributed by atoms with Crippen molar-refractivity contribution in [1.29, 1.82) is 0 Å². The summed E-state index contributed by atoms with van der Waals surface area (Å²) in [4.78, 5) is 16.1. The molecule has 1 heterocycles. The molecule has 0 aliphatic carbocycles. The van der Waals surface area contributed by atoms with Crippen LogP contribution in [0.4, 0.5) is 5.69 Å². The Kier molecular flexibility index (Phi) is 4.20. The van der Waals surface area contributed by atoms with E-state index in [0.717, 1.165) is 0 Å². The van der Waals surface area contributed by atoms with Crippen molar-refractivity contribution in [2.45, 2.75) is 19.9 Å². The zero-order valence-corrected chi connectivity index (χ0v) is 12.4. The van der Waals surface area contributed by atoms with Gasteiger partial charge in [-0.1, -0.05) is 23.2 Å². The molecule has 0 radical (unpaired) electrons. The van der Waals surface area contributed by atoms with E-state index in [1.807, 2.05) is 13.8 Å². The Hall–Kier alpha value is -1.72. The highest BCUT2D eigenvalue weighted by Gasteiger charge is 2.12. The van der Waals surface area contributed by atoms with Gasteiger partial charge in [0.25, 0.3) is 5.88 Å².